The monoisotopic (exact) mass is 1120 g/mol. The van der Waals surface area contributed by atoms with Crippen LogP contribution in [0.15, 0.2) is 109 Å². The number of phenols is 1. The third-order valence-corrected chi connectivity index (χ3v) is 16.2. The molecule has 2 bridgehead atoms. The maximum absolute atomic E-state index is 15.6. The Kier molecular flexibility index (Phi) is 15.4. The van der Waals surface area contributed by atoms with Crippen LogP contribution in [0.1, 0.15) is 74.7 Å². The average Bonchev–Trinajstić information content (AvgIpc) is 4.47. The number of anilines is 1. The number of benzene rings is 5. The second-order valence-electron chi connectivity index (χ2n) is 22.2. The lowest BCUT2D eigenvalue weighted by atomic mass is 9.95. The lowest BCUT2D eigenvalue weighted by molar-refractivity contribution is -0.142. The molecule has 0 saturated carbocycles. The van der Waals surface area contributed by atoms with Crippen molar-refractivity contribution in [1.82, 2.24) is 45.5 Å². The number of hydrogen-bond donors (Lipinski definition) is 5. The molecule has 7 heterocycles. The van der Waals surface area contributed by atoms with E-state index in [0.717, 1.165) is 18.4 Å². The number of pyridine rings is 1. The van der Waals surface area contributed by atoms with Crippen molar-refractivity contribution in [2.75, 3.05) is 44.4 Å². The Labute approximate surface area is 477 Å². The predicted molar refractivity (Wildman–Crippen MR) is 306 cm³/mol. The Morgan fingerprint density at radius 1 is 0.904 bits per heavy atom. The van der Waals surface area contributed by atoms with Gasteiger partial charge in [-0.05, 0) is 65.1 Å². The lowest BCUT2D eigenvalue weighted by Crippen LogP contribution is -2.51. The summed E-state index contributed by atoms with van der Waals surface area (Å²) in [4.78, 5) is 47.3. The number of nitrogens with one attached hydrogen (secondary N) is 2. The van der Waals surface area contributed by atoms with E-state index in [-0.39, 0.29) is 78.3 Å². The van der Waals surface area contributed by atoms with Gasteiger partial charge < -0.3 is 50.0 Å². The van der Waals surface area contributed by atoms with Crippen LogP contribution in [0.5, 0.6) is 17.5 Å². The van der Waals surface area contributed by atoms with E-state index < -0.39 is 48.5 Å². The number of rotatable bonds is 16. The number of carbonyl (C=O) groups is 2. The fourth-order valence-corrected chi connectivity index (χ4v) is 12.1. The number of aliphatic hydroxyl groups excluding tert-OH is 2. The van der Waals surface area contributed by atoms with Gasteiger partial charge in [0.05, 0.1) is 49.1 Å². The molecule has 0 radical (unpaired) electrons. The summed E-state index contributed by atoms with van der Waals surface area (Å²) in [5.74, 6) is 1.03. The van der Waals surface area contributed by atoms with Crippen LogP contribution in [0.4, 0.5) is 14.6 Å². The maximum atomic E-state index is 15.6. The minimum Gasteiger partial charge on any atom is -0.508 e. The Hall–Kier alpha value is -8.61. The minimum atomic E-state index is -1.05. The first-order valence-corrected chi connectivity index (χ1v) is 28.1. The van der Waals surface area contributed by atoms with Crippen LogP contribution < -0.4 is 25.0 Å². The van der Waals surface area contributed by atoms with Crippen molar-refractivity contribution >= 4 is 39.3 Å². The number of piperazine rings is 1. The summed E-state index contributed by atoms with van der Waals surface area (Å²) >= 11 is 0. The fourth-order valence-electron chi connectivity index (χ4n) is 12.1. The molecular weight excluding hydrogens is 1060 g/mol. The minimum absolute atomic E-state index is 0.00229. The summed E-state index contributed by atoms with van der Waals surface area (Å²) in [6.07, 6.45) is 11.6. The van der Waals surface area contributed by atoms with Crippen molar-refractivity contribution in [3.05, 3.63) is 138 Å². The van der Waals surface area contributed by atoms with Gasteiger partial charge in [0.15, 0.2) is 5.75 Å². The van der Waals surface area contributed by atoms with E-state index in [4.69, 9.17) is 35.6 Å². The molecule has 4 saturated heterocycles. The molecule has 2 unspecified atom stereocenters. The zero-order chi connectivity index (χ0) is 57.5. The highest BCUT2D eigenvalue weighted by molar-refractivity contribution is 6.05. The summed E-state index contributed by atoms with van der Waals surface area (Å²) in [5, 5.41) is 49.4. The third-order valence-electron chi connectivity index (χ3n) is 16.2. The number of likely N-dealkylation sites (tertiary alicyclic amines) is 1. The molecule has 3 aromatic heterocycles. The molecule has 4 fully saturated rings. The molecule has 5 N–H and O–H groups in total. The molecule has 83 heavy (non-hydrogen) atoms. The first kappa shape index (κ1) is 55.0. The normalized spacial score (nSPS) is 19.7. The van der Waals surface area contributed by atoms with E-state index in [0.29, 0.717) is 100 Å². The molecular formula is C63H62F2N10O8. The number of β-amino-alcohol motifs (C(OH)–C–C–N with tert-alkyl or cyclic N) is 1. The molecule has 5 aromatic carbocycles. The number of ether oxygens (including phenoxy) is 3. The molecule has 8 aromatic rings. The zero-order valence-electron chi connectivity index (χ0n) is 45.8. The van der Waals surface area contributed by atoms with E-state index in [1.165, 1.54) is 33.8 Å². The van der Waals surface area contributed by atoms with Crippen LogP contribution in [-0.2, 0) is 20.9 Å². The highest BCUT2D eigenvalue weighted by atomic mass is 19.1. The van der Waals surface area contributed by atoms with Gasteiger partial charge >= 0.3 is 6.01 Å². The molecule has 4 aliphatic rings. The number of halogens is 2. The van der Waals surface area contributed by atoms with Crippen LogP contribution >= 0.6 is 0 Å². The standard InChI is InChI=1S/C63H62F2N10O8/c1-4-46-51(65)20-17-40-25-43(77)26-48(55(40)46)56-59(57-49(28-66-56)60(73-29-41-18-19-42(30-73)67-41)70-63(69-57)83-45-21-23-81-24-22-45)82-34-36-9-11-38(12-10-36)52-32-75(72-71-52)58(35(2)3)62(80)74-31-44(78)27-54(74)61(79)68-53(33-76)39-15-13-37(14-16-39)47-7-5-6-8-50(47)64/h1,5-17,20,25-26,28,32,35,41-42,44-45,53-54,58,67,76-78H,18-19,21-24,27,29-31,33-34H2,2-3H3,(H,68,79)/t41?,42?,44-,53+,54+,58+/m1/s1. The summed E-state index contributed by atoms with van der Waals surface area (Å²) in [6, 6.07) is 24.5. The molecule has 12 rings (SSSR count). The third kappa shape index (κ3) is 11.1. The number of phenolic OH excluding ortho intramolecular Hbond substituents is 1. The van der Waals surface area contributed by atoms with Crippen LogP contribution in [0.25, 0.3) is 55.3 Å². The van der Waals surface area contributed by atoms with Crippen LogP contribution in [0.3, 0.4) is 0 Å². The van der Waals surface area contributed by atoms with Crippen molar-refractivity contribution in [2.24, 2.45) is 5.92 Å². The molecule has 0 aliphatic carbocycles. The molecule has 0 spiro atoms. The van der Waals surface area contributed by atoms with Crippen molar-refractivity contribution < 1.29 is 47.9 Å². The van der Waals surface area contributed by atoms with Crippen molar-refractivity contribution in [3.63, 3.8) is 0 Å². The molecule has 2 amide bonds. The Morgan fingerprint density at radius 3 is 2.37 bits per heavy atom. The number of aliphatic hydroxyl groups is 2. The molecule has 18 nitrogen and oxygen atoms in total. The summed E-state index contributed by atoms with van der Waals surface area (Å²) in [6.45, 7) is 5.70. The number of amides is 2. The number of terminal acetylenes is 1. The van der Waals surface area contributed by atoms with Crippen molar-refractivity contribution in [1.29, 1.82) is 0 Å². The Bertz CT molecular complexity index is 3760. The molecule has 20 heteroatoms. The first-order valence-electron chi connectivity index (χ1n) is 28.1. The van der Waals surface area contributed by atoms with Gasteiger partial charge in [-0.1, -0.05) is 97.8 Å². The van der Waals surface area contributed by atoms with Gasteiger partial charge in [0.1, 0.15) is 64.9 Å². The summed E-state index contributed by atoms with van der Waals surface area (Å²) in [7, 11) is 0. The largest absolute Gasteiger partial charge is 0.508 e. The van der Waals surface area contributed by atoms with Gasteiger partial charge in [-0.15, -0.1) is 11.5 Å². The second kappa shape index (κ2) is 23.3. The van der Waals surface area contributed by atoms with Gasteiger partial charge in [-0.3, -0.25) is 14.6 Å². The van der Waals surface area contributed by atoms with Crippen molar-refractivity contribution in [3.8, 4) is 63.5 Å². The number of hydrogen-bond acceptors (Lipinski definition) is 15. The maximum Gasteiger partial charge on any atom is 0.319 e. The fraction of sp³-hybridized carbons (Fsp3) is 0.349. The van der Waals surface area contributed by atoms with E-state index >= 15 is 4.39 Å². The SMILES string of the molecule is C#Cc1c(F)ccc2cc(O)cc(-c3ncc4c(N5CC6CCC(C5)N6)nc(OC5CCOCC5)nc4c3OCc3ccc(-c4cn([C@H](C(=O)N5C[C@H](O)C[C@H]5C(=O)N[C@@H](CO)c5ccc(-c6ccccc6F)cc5)C(C)C)nn4)cc3)c12. The second-order valence-corrected chi connectivity index (χ2v) is 22.2. The van der Waals surface area contributed by atoms with E-state index in [1.807, 2.05) is 38.1 Å². The summed E-state index contributed by atoms with van der Waals surface area (Å²) < 4.78 is 50.7. The quantitative estimate of drug-likeness (QED) is 0.0582. The topological polar surface area (TPSA) is 222 Å². The number of fused-ring (bicyclic) bond motifs is 4. The number of carbonyl (C=O) groups excluding carboxylic acids is 2. The highest BCUT2D eigenvalue weighted by Gasteiger charge is 2.43. The van der Waals surface area contributed by atoms with Gasteiger partial charge in [0.25, 0.3) is 0 Å². The lowest BCUT2D eigenvalue weighted by Gasteiger charge is -2.34. The smallest absolute Gasteiger partial charge is 0.319 e. The van der Waals surface area contributed by atoms with E-state index in [1.54, 1.807) is 60.9 Å². The van der Waals surface area contributed by atoms with Crippen LogP contribution in [-0.4, -0.2) is 132 Å². The predicted octanol–water partition coefficient (Wildman–Crippen LogP) is 7.82. The van der Waals surface area contributed by atoms with Crippen LogP contribution in [0, 0.1) is 29.9 Å². The van der Waals surface area contributed by atoms with Gasteiger partial charge in [-0.2, -0.15) is 9.97 Å². The number of aromatic nitrogens is 6. The highest BCUT2D eigenvalue weighted by Crippen LogP contribution is 2.44. The van der Waals surface area contributed by atoms with Crippen molar-refractivity contribution in [2.45, 2.75) is 95.0 Å². The number of nitrogens with zero attached hydrogens (tertiary/aromatic N) is 8. The molecule has 4 aliphatic heterocycles. The Balaban J connectivity index is 0.818. The molecule has 426 valence electrons. The van der Waals surface area contributed by atoms with Gasteiger partial charge in [-0.25, -0.2) is 13.5 Å². The van der Waals surface area contributed by atoms with E-state index in [2.05, 4.69) is 31.8 Å². The first-order chi connectivity index (χ1) is 40.3. The average molecular weight is 1130 g/mol. The summed E-state index contributed by atoms with van der Waals surface area (Å²) in [5.41, 5.74) is 4.52. The van der Waals surface area contributed by atoms with Gasteiger partial charge in [0, 0.05) is 79.3 Å². The Morgan fingerprint density at radius 2 is 1.65 bits per heavy atom. The van der Waals surface area contributed by atoms with Gasteiger partial charge in [0.2, 0.25) is 11.8 Å². The van der Waals surface area contributed by atoms with E-state index in [9.17, 15) is 29.3 Å². The zero-order valence-corrected chi connectivity index (χ0v) is 45.8. The number of aromatic hydroxyl groups is 1. The molecule has 6 atom stereocenters. The van der Waals surface area contributed by atoms with Crippen LogP contribution in [0.2, 0.25) is 0 Å².